The average Bonchev–Trinajstić information content (AvgIpc) is 2.47. The second kappa shape index (κ2) is 6.19. The minimum Gasteiger partial charge on any atom is -0.487 e. The highest BCUT2D eigenvalue weighted by molar-refractivity contribution is 5.49. The third-order valence-electron chi connectivity index (χ3n) is 3.05. The maximum Gasteiger partial charge on any atom is 0.272 e. The van der Waals surface area contributed by atoms with E-state index in [1.165, 1.54) is 6.07 Å². The minimum atomic E-state index is -0.399. The Morgan fingerprint density at radius 3 is 2.76 bits per heavy atom. The number of benzene rings is 1. The lowest BCUT2D eigenvalue weighted by Gasteiger charge is -2.10. The SMILES string of the molecule is Cc1cc([N+](=O)[O-])c(C)cc1OCc1cc(NN)ccn1. The van der Waals surface area contributed by atoms with E-state index in [1.54, 1.807) is 38.2 Å². The number of hydrogen-bond acceptors (Lipinski definition) is 6. The summed E-state index contributed by atoms with van der Waals surface area (Å²) in [5, 5.41) is 10.9. The molecule has 110 valence electrons. The number of rotatable bonds is 5. The second-order valence-electron chi connectivity index (χ2n) is 4.63. The zero-order valence-corrected chi connectivity index (χ0v) is 11.8. The van der Waals surface area contributed by atoms with Crippen LogP contribution in [0.1, 0.15) is 16.8 Å². The first kappa shape index (κ1) is 14.7. The number of anilines is 1. The van der Waals surface area contributed by atoms with Gasteiger partial charge in [-0.05, 0) is 37.6 Å². The summed E-state index contributed by atoms with van der Waals surface area (Å²) in [5.41, 5.74) is 5.34. The molecule has 0 saturated carbocycles. The maximum absolute atomic E-state index is 10.9. The number of nitrogens with two attached hydrogens (primary N) is 1. The van der Waals surface area contributed by atoms with Crippen LogP contribution >= 0.6 is 0 Å². The summed E-state index contributed by atoms with van der Waals surface area (Å²) in [6.07, 6.45) is 1.63. The monoisotopic (exact) mass is 288 g/mol. The Morgan fingerprint density at radius 2 is 2.10 bits per heavy atom. The Labute approximate surface area is 121 Å². The van der Waals surface area contributed by atoms with Gasteiger partial charge < -0.3 is 10.2 Å². The molecule has 7 heteroatoms. The Hall–Kier alpha value is -2.67. The smallest absolute Gasteiger partial charge is 0.272 e. The summed E-state index contributed by atoms with van der Waals surface area (Å²) >= 11 is 0. The van der Waals surface area contributed by atoms with Crippen molar-refractivity contribution >= 4 is 11.4 Å². The average molecular weight is 288 g/mol. The Balaban J connectivity index is 2.16. The van der Waals surface area contributed by atoms with Gasteiger partial charge in [0.15, 0.2) is 0 Å². The first-order valence-electron chi connectivity index (χ1n) is 6.31. The molecule has 3 N–H and O–H groups in total. The van der Waals surface area contributed by atoms with E-state index < -0.39 is 4.92 Å². The van der Waals surface area contributed by atoms with Crippen LogP contribution in [0.5, 0.6) is 5.75 Å². The first-order chi connectivity index (χ1) is 10.0. The quantitative estimate of drug-likeness (QED) is 0.497. The van der Waals surface area contributed by atoms with Gasteiger partial charge in [-0.25, -0.2) is 0 Å². The van der Waals surface area contributed by atoms with Crippen molar-refractivity contribution in [1.82, 2.24) is 4.98 Å². The standard InChI is InChI=1S/C14H16N4O3/c1-9-6-14(10(2)5-13(9)18(19)20)21-8-12-7-11(17-15)3-4-16-12/h3-7H,8,15H2,1-2H3,(H,16,17). The highest BCUT2D eigenvalue weighted by Gasteiger charge is 2.14. The van der Waals surface area contributed by atoms with Crippen molar-refractivity contribution in [1.29, 1.82) is 0 Å². The normalized spacial score (nSPS) is 10.2. The third kappa shape index (κ3) is 3.46. The molecule has 0 aliphatic heterocycles. The summed E-state index contributed by atoms with van der Waals surface area (Å²) < 4.78 is 5.68. The molecule has 0 aliphatic carbocycles. The van der Waals surface area contributed by atoms with Crippen LogP contribution in [0.3, 0.4) is 0 Å². The number of nitro benzene ring substituents is 1. The number of nitro groups is 1. The lowest BCUT2D eigenvalue weighted by atomic mass is 10.1. The van der Waals surface area contributed by atoms with Gasteiger partial charge in [-0.15, -0.1) is 0 Å². The Kier molecular flexibility index (Phi) is 4.34. The number of hydrazine groups is 1. The molecule has 2 rings (SSSR count). The van der Waals surface area contributed by atoms with Crippen molar-refractivity contribution in [2.45, 2.75) is 20.5 Å². The molecule has 0 aliphatic rings. The molecule has 0 atom stereocenters. The Morgan fingerprint density at radius 1 is 1.33 bits per heavy atom. The lowest BCUT2D eigenvalue weighted by Crippen LogP contribution is -2.08. The van der Waals surface area contributed by atoms with Crippen LogP contribution in [-0.2, 0) is 6.61 Å². The molecular formula is C14H16N4O3. The zero-order chi connectivity index (χ0) is 15.4. The number of aromatic nitrogens is 1. The lowest BCUT2D eigenvalue weighted by molar-refractivity contribution is -0.385. The highest BCUT2D eigenvalue weighted by atomic mass is 16.6. The van der Waals surface area contributed by atoms with Crippen molar-refractivity contribution in [3.05, 3.63) is 57.4 Å². The molecule has 0 fully saturated rings. The van der Waals surface area contributed by atoms with Gasteiger partial charge in [0, 0.05) is 17.8 Å². The first-order valence-corrected chi connectivity index (χ1v) is 6.31. The topological polar surface area (TPSA) is 103 Å². The van der Waals surface area contributed by atoms with Gasteiger partial charge in [0.1, 0.15) is 12.4 Å². The number of pyridine rings is 1. The van der Waals surface area contributed by atoms with E-state index in [0.717, 1.165) is 5.69 Å². The molecule has 0 radical (unpaired) electrons. The van der Waals surface area contributed by atoms with Gasteiger partial charge in [-0.3, -0.25) is 20.9 Å². The van der Waals surface area contributed by atoms with E-state index >= 15 is 0 Å². The molecule has 0 unspecified atom stereocenters. The highest BCUT2D eigenvalue weighted by Crippen LogP contribution is 2.28. The van der Waals surface area contributed by atoms with Crippen LogP contribution < -0.4 is 16.0 Å². The summed E-state index contributed by atoms with van der Waals surface area (Å²) in [6.45, 7) is 3.71. The van der Waals surface area contributed by atoms with Crippen LogP contribution in [0.2, 0.25) is 0 Å². The predicted molar refractivity (Wildman–Crippen MR) is 78.9 cm³/mol. The van der Waals surface area contributed by atoms with Crippen molar-refractivity contribution in [3.8, 4) is 5.75 Å². The number of nitrogen functional groups attached to an aromatic ring is 1. The van der Waals surface area contributed by atoms with E-state index in [2.05, 4.69) is 10.4 Å². The number of ether oxygens (including phenoxy) is 1. The van der Waals surface area contributed by atoms with Gasteiger partial charge >= 0.3 is 0 Å². The van der Waals surface area contributed by atoms with Crippen LogP contribution in [0, 0.1) is 24.0 Å². The van der Waals surface area contributed by atoms with Crippen molar-refractivity contribution in [3.63, 3.8) is 0 Å². The summed E-state index contributed by atoms with van der Waals surface area (Å²) in [7, 11) is 0. The zero-order valence-electron chi connectivity index (χ0n) is 11.8. The molecule has 7 nitrogen and oxygen atoms in total. The molecular weight excluding hydrogens is 272 g/mol. The fourth-order valence-corrected chi connectivity index (χ4v) is 1.93. The van der Waals surface area contributed by atoms with E-state index in [-0.39, 0.29) is 12.3 Å². The predicted octanol–water partition coefficient (Wildman–Crippen LogP) is 2.47. The van der Waals surface area contributed by atoms with Gasteiger partial charge in [0.2, 0.25) is 0 Å². The third-order valence-corrected chi connectivity index (χ3v) is 3.05. The molecule has 2 aromatic rings. The molecule has 1 heterocycles. The fraction of sp³-hybridized carbons (Fsp3) is 0.214. The number of hydrogen-bond donors (Lipinski definition) is 2. The van der Waals surface area contributed by atoms with E-state index in [9.17, 15) is 10.1 Å². The fourth-order valence-electron chi connectivity index (χ4n) is 1.93. The van der Waals surface area contributed by atoms with E-state index in [4.69, 9.17) is 10.6 Å². The van der Waals surface area contributed by atoms with Gasteiger partial charge in [0.05, 0.1) is 16.3 Å². The summed E-state index contributed by atoms with van der Waals surface area (Å²) in [6, 6.07) is 6.69. The van der Waals surface area contributed by atoms with Crippen LogP contribution in [0.25, 0.3) is 0 Å². The second-order valence-corrected chi connectivity index (χ2v) is 4.63. The summed E-state index contributed by atoms with van der Waals surface area (Å²) in [5.74, 6) is 5.94. The van der Waals surface area contributed by atoms with Crippen molar-refractivity contribution in [2.24, 2.45) is 5.84 Å². The molecule has 0 saturated heterocycles. The Bertz CT molecular complexity index is 673. The van der Waals surface area contributed by atoms with Gasteiger partial charge in [-0.2, -0.15) is 0 Å². The number of nitrogens with one attached hydrogen (secondary N) is 1. The maximum atomic E-state index is 10.9. The van der Waals surface area contributed by atoms with Crippen LogP contribution in [0.4, 0.5) is 11.4 Å². The van der Waals surface area contributed by atoms with Gasteiger partial charge in [0.25, 0.3) is 5.69 Å². The number of nitrogens with zero attached hydrogens (tertiary/aromatic N) is 2. The number of aryl methyl sites for hydroxylation is 2. The van der Waals surface area contributed by atoms with Crippen molar-refractivity contribution in [2.75, 3.05) is 5.43 Å². The summed E-state index contributed by atoms with van der Waals surface area (Å²) in [4.78, 5) is 14.6. The molecule has 21 heavy (non-hydrogen) atoms. The van der Waals surface area contributed by atoms with Crippen molar-refractivity contribution < 1.29 is 9.66 Å². The molecule has 0 amide bonds. The molecule has 0 bridgehead atoms. The molecule has 1 aromatic heterocycles. The largest absolute Gasteiger partial charge is 0.487 e. The van der Waals surface area contributed by atoms with Gasteiger partial charge in [-0.1, -0.05) is 0 Å². The molecule has 0 spiro atoms. The van der Waals surface area contributed by atoms with E-state index in [1.807, 2.05) is 0 Å². The van der Waals surface area contributed by atoms with E-state index in [0.29, 0.717) is 22.6 Å². The minimum absolute atomic E-state index is 0.0901. The van der Waals surface area contributed by atoms with Crippen LogP contribution in [0.15, 0.2) is 30.5 Å². The molecule has 1 aromatic carbocycles. The van der Waals surface area contributed by atoms with Crippen LogP contribution in [-0.4, -0.2) is 9.91 Å².